The van der Waals surface area contributed by atoms with Crippen LogP contribution in [0, 0.1) is 0 Å². The summed E-state index contributed by atoms with van der Waals surface area (Å²) in [7, 11) is 0. The average molecular weight is 1960 g/mol. The fourth-order valence-corrected chi connectivity index (χ4v) is 17.1. The van der Waals surface area contributed by atoms with Gasteiger partial charge in [0.1, 0.15) is 256 Å². The highest BCUT2D eigenvalue weighted by Crippen LogP contribution is 2.45. The summed E-state index contributed by atoms with van der Waals surface area (Å²) in [6.07, 6.45) is -125. The number of aliphatic carboxylic acids is 2. The third kappa shape index (κ3) is 23.0. The molecule has 11 heterocycles. The number of rotatable bonds is 36. The Morgan fingerprint density at radius 3 is 1.04 bits per heavy atom. The maximum atomic E-state index is 13.7. The third-order valence-corrected chi connectivity index (χ3v) is 24.6. The van der Waals surface area contributed by atoms with Crippen LogP contribution >= 0.6 is 0 Å². The molecule has 61 heteroatoms. The summed E-state index contributed by atoms with van der Waals surface area (Å²) in [5, 5.41) is 402. The van der Waals surface area contributed by atoms with Gasteiger partial charge in [0.25, 0.3) is 11.6 Å². The van der Waals surface area contributed by atoms with Gasteiger partial charge < -0.3 is 289 Å². The number of carboxylic acids is 2. The molecule has 11 fully saturated rings. The van der Waals surface area contributed by atoms with E-state index in [1.165, 1.54) is 0 Å². The molecule has 11 saturated heterocycles. The molecule has 11 aliphatic rings. The van der Waals surface area contributed by atoms with Gasteiger partial charge in [-0.2, -0.15) is 0 Å². The fourth-order valence-electron chi connectivity index (χ4n) is 17.1. The molecule has 1 amide bonds. The zero-order chi connectivity index (χ0) is 98.1. The first kappa shape index (κ1) is 110. The Morgan fingerprint density at radius 2 is 0.632 bits per heavy atom. The second-order valence-corrected chi connectivity index (χ2v) is 33.5. The monoisotopic (exact) mass is 1960 g/mol. The molecule has 37 N–H and O–H groups in total. The van der Waals surface area contributed by atoms with E-state index in [0.717, 1.165) is 6.92 Å². The highest BCUT2D eigenvalue weighted by Gasteiger charge is 2.66. The highest BCUT2D eigenvalue weighted by atomic mass is 16.8. The molecule has 772 valence electrons. The van der Waals surface area contributed by atoms with Crippen molar-refractivity contribution in [1.82, 2.24) is 5.32 Å². The summed E-state index contributed by atoms with van der Waals surface area (Å²) >= 11 is 0. The predicted molar refractivity (Wildman–Crippen MR) is 396 cm³/mol. The molecular formula is C72H119NO60. The standard InChI is InChI=1S/C72H119NO60/c1-15(84)73-29-36(94)52(123-61-44(102)37(95)31(89)20(6-76)114-61)25(11-81)119-60(29)129-59-41(99)35(93)24(10-80)118-68(59)127-56-28(14-113-67-58(40(98)34(92)23(9-79)117-67)130-65-48(106)43(101)54(27(13-83)121-65)125-64-47(105)42(100)53(26(12-82)120-64)124-62-45(103)38(96)32(90)21(7-77)115-62)122-66(49(107)57(56)128-63-46(104)39(97)33(91)22(8-78)116-63)126-55-19(3-71(112,69(108)109)132-51(55)18(87)5-75)131-72(70(110)111)2-16(85)30(88)50(133-72)17(86)4-74/h16-68,74-83,85-107,112H,2-14H2,1H3,(H,73,84)(H,108,109)(H,110,111)/t16-,17-,18-,19-,20-,21-,22-,23-,24-,25-,26-,27-,28-,29-,30-,31+,32+,33-,34-,35-,36-,37+,38+,39+,40+,41+,42-,43-,44-,45-,46-,47-,48-,49-,50-,51-,52-,53+,54-,55-,56-,57-,58-,59-,60-,61+,62-,63+,64+,65-,66-,67-,68+,71-,72?/m1/s1. The molecule has 0 aromatic rings. The second kappa shape index (κ2) is 46.5. The number of carbonyl (C=O) groups excluding carboxylic acids is 1. The quantitative estimate of drug-likeness (QED) is 0.0277. The summed E-state index contributed by atoms with van der Waals surface area (Å²) in [5.74, 6) is -13.2. The molecule has 0 aromatic heterocycles. The van der Waals surface area contributed by atoms with Crippen LogP contribution in [0.1, 0.15) is 19.8 Å². The molecule has 133 heavy (non-hydrogen) atoms. The molecule has 0 bridgehead atoms. The van der Waals surface area contributed by atoms with Gasteiger partial charge in [0.05, 0.1) is 84.9 Å². The topological polar surface area (TPSA) is 985 Å². The summed E-state index contributed by atoms with van der Waals surface area (Å²) in [6, 6.07) is -2.13. The Bertz CT molecular complexity index is 3620. The summed E-state index contributed by atoms with van der Waals surface area (Å²) in [5.41, 5.74) is 0. The van der Waals surface area contributed by atoms with Crippen molar-refractivity contribution in [3.63, 3.8) is 0 Å². The van der Waals surface area contributed by atoms with Crippen molar-refractivity contribution in [1.29, 1.82) is 0 Å². The molecule has 0 aliphatic carbocycles. The molecule has 11 rings (SSSR count). The molecule has 61 nitrogen and oxygen atoms in total. The number of carbonyl (C=O) groups is 3. The number of aliphatic hydroxyl groups is 34. The smallest absolute Gasteiger partial charge is 0.364 e. The number of carboxylic acid groups (broad SMARTS) is 2. The second-order valence-electron chi connectivity index (χ2n) is 33.5. The van der Waals surface area contributed by atoms with Crippen LogP contribution in [0.15, 0.2) is 0 Å². The highest BCUT2D eigenvalue weighted by molar-refractivity contribution is 5.77. The summed E-state index contributed by atoms with van der Waals surface area (Å²) in [4.78, 5) is 40.0. The van der Waals surface area contributed by atoms with Crippen molar-refractivity contribution >= 4 is 17.8 Å². The maximum Gasteiger partial charge on any atom is 0.364 e. The summed E-state index contributed by atoms with van der Waals surface area (Å²) < 4.78 is 124. The van der Waals surface area contributed by atoms with E-state index in [2.05, 4.69) is 5.32 Å². The minimum atomic E-state index is -3.77. The Kier molecular flexibility index (Phi) is 38.3. The zero-order valence-electron chi connectivity index (χ0n) is 69.7. The van der Waals surface area contributed by atoms with E-state index >= 15 is 0 Å². The van der Waals surface area contributed by atoms with E-state index in [-0.39, 0.29) is 0 Å². The molecular weight excluding hydrogens is 1840 g/mol. The van der Waals surface area contributed by atoms with Crippen LogP contribution in [0.2, 0.25) is 0 Å². The first-order chi connectivity index (χ1) is 62.8. The van der Waals surface area contributed by atoms with E-state index in [1.807, 2.05) is 0 Å². The molecule has 55 atom stereocenters. The van der Waals surface area contributed by atoms with Crippen LogP contribution in [-0.2, 0) is 114 Å². The van der Waals surface area contributed by atoms with Crippen molar-refractivity contribution in [3.05, 3.63) is 0 Å². The largest absolute Gasteiger partial charge is 0.477 e. The third-order valence-electron chi connectivity index (χ3n) is 24.6. The van der Waals surface area contributed by atoms with Gasteiger partial charge in [-0.05, 0) is 0 Å². The number of hydrogen-bond donors (Lipinski definition) is 37. The van der Waals surface area contributed by atoms with Crippen molar-refractivity contribution in [2.45, 2.75) is 356 Å². The predicted octanol–water partition coefficient (Wildman–Crippen LogP) is -25.1. The number of hydrogen-bond acceptors (Lipinski definition) is 58. The van der Waals surface area contributed by atoms with Crippen LogP contribution in [0.25, 0.3) is 0 Å². The molecule has 0 spiro atoms. The average Bonchev–Trinajstić information content (AvgIpc) is 0.742. The van der Waals surface area contributed by atoms with Gasteiger partial charge in [-0.15, -0.1) is 0 Å². The molecule has 0 saturated carbocycles. The van der Waals surface area contributed by atoms with E-state index in [4.69, 9.17) is 99.5 Å². The van der Waals surface area contributed by atoms with Crippen LogP contribution in [-0.4, -0.2) is 611 Å². The fraction of sp³-hybridized carbons (Fsp3) is 0.958. The van der Waals surface area contributed by atoms with E-state index in [0.29, 0.717) is 0 Å². The number of aliphatic hydroxyl groups excluding tert-OH is 33. The lowest BCUT2D eigenvalue weighted by Gasteiger charge is -2.53. The van der Waals surface area contributed by atoms with Gasteiger partial charge in [-0.3, -0.25) is 4.79 Å². The van der Waals surface area contributed by atoms with E-state index < -0.39 is 440 Å². The lowest BCUT2D eigenvalue weighted by molar-refractivity contribution is -0.418. The van der Waals surface area contributed by atoms with Crippen LogP contribution < -0.4 is 5.32 Å². The van der Waals surface area contributed by atoms with Gasteiger partial charge >= 0.3 is 11.9 Å². The SMILES string of the molecule is CC(=O)N[C@H]1[C@@H](O[C@H]2[C@H](O[C@H]3[C@H](O[C@@H]4O[C@H](CO)[C@@H](O)[C@H](O)[C@H]4O)[C@@H](O)[C@@H](O[C@H]4[C@@H]([C@H](O)CO)O[C@@](O)(C(=O)O)C[C@H]4OC4(C(=O)O)C[C@@H](O)[C@@H](O)[C@@H]([C@H](O)CO)O4)O[C@@H]3CO[C@@H]3O[C@H](CO)[C@@H](O)[C@H](O)[C@H]3O[C@H]3O[C@H](CO)[C@@H](O[C@@H]4O[C@H](CO)[C@H](O[C@H]5O[C@H](CO)[C@H](O)[C@H](O)[C@H]5O)[C@H](O)[C@H]4O)[C@H](O)[C@H]3O)O[C@H](CO)[C@@H](O)[C@@H]2O)O[C@H](CO)[C@@H](O[C@@H]2O[C@H](CO)[C@H](O)[C@H](O)[C@H]2O)[C@@H]1O. The van der Waals surface area contributed by atoms with E-state index in [1.54, 1.807) is 0 Å². The number of nitrogens with one attached hydrogen (secondary N) is 1. The van der Waals surface area contributed by atoms with Gasteiger partial charge in [-0.25, -0.2) is 9.59 Å². The Morgan fingerprint density at radius 1 is 0.316 bits per heavy atom. The van der Waals surface area contributed by atoms with E-state index in [9.17, 15) is 198 Å². The maximum absolute atomic E-state index is 13.7. The lowest BCUT2D eigenvalue weighted by Crippen LogP contribution is -2.71. The normalized spacial score (nSPS) is 50.7. The Balaban J connectivity index is 0.991. The number of ether oxygens (including phenoxy) is 21. The summed E-state index contributed by atoms with van der Waals surface area (Å²) in [6.45, 7) is -13.3. The van der Waals surface area contributed by atoms with Crippen molar-refractivity contribution < 1.29 is 298 Å². The minimum absolute atomic E-state index is 0.851. The van der Waals surface area contributed by atoms with Crippen LogP contribution in [0.3, 0.4) is 0 Å². The Hall–Kier alpha value is -3.79. The molecule has 1 unspecified atom stereocenters. The minimum Gasteiger partial charge on any atom is -0.477 e. The van der Waals surface area contributed by atoms with Crippen LogP contribution in [0.4, 0.5) is 0 Å². The van der Waals surface area contributed by atoms with Crippen molar-refractivity contribution in [2.75, 3.05) is 72.7 Å². The first-order valence-electron chi connectivity index (χ1n) is 41.8. The molecule has 0 radical (unpaired) electrons. The zero-order valence-corrected chi connectivity index (χ0v) is 69.7. The van der Waals surface area contributed by atoms with Crippen LogP contribution in [0.5, 0.6) is 0 Å². The lowest BCUT2D eigenvalue weighted by atomic mass is 9.89. The molecule has 0 aromatic carbocycles. The van der Waals surface area contributed by atoms with Gasteiger partial charge in [0, 0.05) is 19.8 Å². The van der Waals surface area contributed by atoms with Gasteiger partial charge in [0.2, 0.25) is 5.91 Å². The first-order valence-corrected chi connectivity index (χ1v) is 41.8. The van der Waals surface area contributed by atoms with Gasteiger partial charge in [0.15, 0.2) is 56.6 Å². The van der Waals surface area contributed by atoms with Gasteiger partial charge in [-0.1, -0.05) is 0 Å². The van der Waals surface area contributed by atoms with Crippen molar-refractivity contribution in [2.24, 2.45) is 0 Å². The van der Waals surface area contributed by atoms with Crippen molar-refractivity contribution in [3.8, 4) is 0 Å². The number of amides is 1. The molecule has 11 aliphatic heterocycles. The Labute approximate surface area is 748 Å².